The number of piperidine rings is 1. The van der Waals surface area contributed by atoms with Gasteiger partial charge in [-0.3, -0.25) is 0 Å². The molecule has 1 unspecified atom stereocenters. The molecule has 0 saturated carbocycles. The first-order valence-corrected chi connectivity index (χ1v) is 8.90. The summed E-state index contributed by atoms with van der Waals surface area (Å²) < 4.78 is 10.1. The van der Waals surface area contributed by atoms with Crippen molar-refractivity contribution in [2.45, 2.75) is 37.8 Å². The quantitative estimate of drug-likeness (QED) is 0.657. The Labute approximate surface area is 153 Å². The van der Waals surface area contributed by atoms with Gasteiger partial charge in [-0.25, -0.2) is 9.59 Å². The van der Waals surface area contributed by atoms with Crippen LogP contribution in [0, 0.1) is 0 Å². The van der Waals surface area contributed by atoms with E-state index in [1.165, 1.54) is 0 Å². The maximum Gasteiger partial charge on any atom is 0.516 e. The average Bonchev–Trinajstić information content (AvgIpc) is 2.69. The molecule has 1 fully saturated rings. The first kappa shape index (κ1) is 18.1. The molecule has 5 heteroatoms. The van der Waals surface area contributed by atoms with Crippen LogP contribution in [0.1, 0.15) is 30.4 Å². The molecule has 0 aliphatic carbocycles. The van der Waals surface area contributed by atoms with E-state index in [2.05, 4.69) is 5.32 Å². The number of carbonyl (C=O) groups is 2. The highest BCUT2D eigenvalue weighted by atomic mass is 16.7. The number of carbonyl (C=O) groups excluding carboxylic acids is 2. The normalized spacial score (nSPS) is 19.5. The summed E-state index contributed by atoms with van der Waals surface area (Å²) >= 11 is 0. The molecular weight excluding hydrogens is 330 g/mol. The predicted octanol–water partition coefficient (Wildman–Crippen LogP) is 3.62. The van der Waals surface area contributed by atoms with E-state index in [1.54, 1.807) is 0 Å². The summed E-state index contributed by atoms with van der Waals surface area (Å²) in [6, 6.07) is 19.0. The summed E-state index contributed by atoms with van der Waals surface area (Å²) in [5.41, 5.74) is 0.981. The van der Waals surface area contributed by atoms with Gasteiger partial charge in [-0.1, -0.05) is 60.7 Å². The summed E-state index contributed by atoms with van der Waals surface area (Å²) in [4.78, 5) is 24.7. The van der Waals surface area contributed by atoms with E-state index in [1.807, 2.05) is 60.7 Å². The SMILES string of the molecule is O=C(OCc1ccccc1)OC(=O)C1(Cc2ccccc2)CCCCN1. The molecule has 1 saturated heterocycles. The van der Waals surface area contributed by atoms with Crippen LogP contribution in [0.2, 0.25) is 0 Å². The molecule has 0 amide bonds. The van der Waals surface area contributed by atoms with Gasteiger partial charge in [0.15, 0.2) is 0 Å². The number of benzene rings is 2. The second kappa shape index (κ2) is 8.63. The molecule has 1 N–H and O–H groups in total. The first-order chi connectivity index (χ1) is 12.7. The Morgan fingerprint density at radius 2 is 1.58 bits per heavy atom. The minimum atomic E-state index is -0.960. The van der Waals surface area contributed by atoms with Crippen LogP contribution >= 0.6 is 0 Å². The van der Waals surface area contributed by atoms with Crippen LogP contribution in [0.3, 0.4) is 0 Å². The number of esters is 1. The van der Waals surface area contributed by atoms with Crippen LogP contribution in [0.25, 0.3) is 0 Å². The van der Waals surface area contributed by atoms with Gasteiger partial charge in [-0.05, 0) is 36.9 Å². The summed E-state index contributed by atoms with van der Waals surface area (Å²) in [7, 11) is 0. The maximum atomic E-state index is 12.8. The molecule has 5 nitrogen and oxygen atoms in total. The molecule has 2 aromatic rings. The van der Waals surface area contributed by atoms with Gasteiger partial charge >= 0.3 is 12.1 Å². The Kier molecular flexibility index (Phi) is 6.02. The molecule has 2 aromatic carbocycles. The molecule has 3 rings (SSSR count). The van der Waals surface area contributed by atoms with E-state index < -0.39 is 17.7 Å². The fraction of sp³-hybridized carbons (Fsp3) is 0.333. The zero-order chi connectivity index (χ0) is 18.2. The van der Waals surface area contributed by atoms with Gasteiger partial charge in [0.2, 0.25) is 0 Å². The van der Waals surface area contributed by atoms with Crippen molar-refractivity contribution < 1.29 is 19.1 Å². The topological polar surface area (TPSA) is 64.6 Å². The minimum absolute atomic E-state index is 0.0755. The lowest BCUT2D eigenvalue weighted by molar-refractivity contribution is -0.149. The summed E-state index contributed by atoms with van der Waals surface area (Å²) in [6.45, 7) is 0.799. The monoisotopic (exact) mass is 353 g/mol. The number of hydrogen-bond donors (Lipinski definition) is 1. The van der Waals surface area contributed by atoms with E-state index in [0.717, 1.165) is 30.5 Å². The van der Waals surface area contributed by atoms with E-state index in [4.69, 9.17) is 9.47 Å². The molecule has 0 bridgehead atoms. The van der Waals surface area contributed by atoms with Gasteiger partial charge < -0.3 is 14.8 Å². The Morgan fingerprint density at radius 1 is 0.923 bits per heavy atom. The predicted molar refractivity (Wildman–Crippen MR) is 97.4 cm³/mol. The van der Waals surface area contributed by atoms with Crippen LogP contribution in [0.15, 0.2) is 60.7 Å². The van der Waals surface area contributed by atoms with Crippen LogP contribution in [-0.2, 0) is 27.3 Å². The van der Waals surface area contributed by atoms with E-state index >= 15 is 0 Å². The first-order valence-electron chi connectivity index (χ1n) is 8.90. The Hall–Kier alpha value is -2.66. The van der Waals surface area contributed by atoms with Crippen molar-refractivity contribution in [3.05, 3.63) is 71.8 Å². The van der Waals surface area contributed by atoms with Crippen LogP contribution < -0.4 is 5.32 Å². The Bertz CT molecular complexity index is 724. The van der Waals surface area contributed by atoms with Gasteiger partial charge in [-0.2, -0.15) is 0 Å². The molecule has 26 heavy (non-hydrogen) atoms. The van der Waals surface area contributed by atoms with Crippen molar-refractivity contribution in [3.8, 4) is 0 Å². The number of rotatable bonds is 5. The fourth-order valence-corrected chi connectivity index (χ4v) is 3.23. The summed E-state index contributed by atoms with van der Waals surface area (Å²) in [5, 5.41) is 3.28. The van der Waals surface area contributed by atoms with Crippen molar-refractivity contribution in [2.24, 2.45) is 0 Å². The fourth-order valence-electron chi connectivity index (χ4n) is 3.23. The lowest BCUT2D eigenvalue weighted by atomic mass is 9.83. The zero-order valence-corrected chi connectivity index (χ0v) is 14.6. The highest BCUT2D eigenvalue weighted by molar-refractivity contribution is 5.89. The average molecular weight is 353 g/mol. The van der Waals surface area contributed by atoms with Gasteiger partial charge in [0, 0.05) is 6.42 Å². The van der Waals surface area contributed by atoms with E-state index in [9.17, 15) is 9.59 Å². The van der Waals surface area contributed by atoms with Crippen LogP contribution in [0.5, 0.6) is 0 Å². The Morgan fingerprint density at radius 3 is 2.19 bits per heavy atom. The lowest BCUT2D eigenvalue weighted by Crippen LogP contribution is -2.57. The van der Waals surface area contributed by atoms with Gasteiger partial charge in [-0.15, -0.1) is 0 Å². The van der Waals surface area contributed by atoms with Crippen molar-refractivity contribution >= 4 is 12.1 Å². The van der Waals surface area contributed by atoms with E-state index in [-0.39, 0.29) is 6.61 Å². The largest absolute Gasteiger partial charge is 0.516 e. The maximum absolute atomic E-state index is 12.8. The molecular formula is C21H23NO4. The van der Waals surface area contributed by atoms with Crippen molar-refractivity contribution in [3.63, 3.8) is 0 Å². The zero-order valence-electron chi connectivity index (χ0n) is 14.6. The van der Waals surface area contributed by atoms with Gasteiger partial charge in [0.05, 0.1) is 0 Å². The molecule has 0 spiro atoms. The smallest absolute Gasteiger partial charge is 0.429 e. The highest BCUT2D eigenvalue weighted by Gasteiger charge is 2.42. The lowest BCUT2D eigenvalue weighted by Gasteiger charge is -2.35. The van der Waals surface area contributed by atoms with Gasteiger partial charge in [0.25, 0.3) is 0 Å². The van der Waals surface area contributed by atoms with Crippen molar-refractivity contribution in [2.75, 3.05) is 6.54 Å². The molecule has 0 aromatic heterocycles. The minimum Gasteiger partial charge on any atom is -0.429 e. The molecule has 0 radical (unpaired) electrons. The van der Waals surface area contributed by atoms with Crippen molar-refractivity contribution in [1.82, 2.24) is 5.32 Å². The summed E-state index contributed by atoms with van der Waals surface area (Å²) in [5.74, 6) is -0.570. The second-order valence-electron chi connectivity index (χ2n) is 6.54. The summed E-state index contributed by atoms with van der Waals surface area (Å²) in [6.07, 6.45) is 2.07. The number of nitrogens with one attached hydrogen (secondary N) is 1. The van der Waals surface area contributed by atoms with Crippen molar-refractivity contribution in [1.29, 1.82) is 0 Å². The molecule has 1 heterocycles. The number of hydrogen-bond acceptors (Lipinski definition) is 5. The molecule has 1 aliphatic rings. The highest BCUT2D eigenvalue weighted by Crippen LogP contribution is 2.26. The van der Waals surface area contributed by atoms with Crippen LogP contribution in [-0.4, -0.2) is 24.2 Å². The third kappa shape index (κ3) is 4.70. The second-order valence-corrected chi connectivity index (χ2v) is 6.54. The van der Waals surface area contributed by atoms with Crippen LogP contribution in [0.4, 0.5) is 4.79 Å². The standard InChI is InChI=1S/C21H23NO4/c23-19(26-20(24)25-16-18-11-5-2-6-12-18)21(13-7-8-14-22-21)15-17-9-3-1-4-10-17/h1-6,9-12,22H,7-8,13-16H2. The number of ether oxygens (including phenoxy) is 2. The molecule has 1 atom stereocenters. The Balaban J connectivity index is 1.62. The molecule has 136 valence electrons. The van der Waals surface area contributed by atoms with E-state index in [0.29, 0.717) is 12.8 Å². The third-order valence-corrected chi connectivity index (χ3v) is 4.61. The molecule has 1 aliphatic heterocycles. The van der Waals surface area contributed by atoms with Gasteiger partial charge in [0.1, 0.15) is 12.1 Å². The third-order valence-electron chi connectivity index (χ3n) is 4.61.